The number of hydrogen-bond donors (Lipinski definition) is 2. The predicted molar refractivity (Wildman–Crippen MR) is 101 cm³/mol. The molecule has 3 rings (SSSR count). The molecule has 126 valence electrons. The molecule has 0 amide bonds. The van der Waals surface area contributed by atoms with E-state index in [1.807, 2.05) is 66.7 Å². The smallest absolute Gasteiger partial charge is 0.126 e. The average Bonchev–Trinajstić information content (AvgIpc) is 2.61. The Bertz CT molecular complexity index is 792. The summed E-state index contributed by atoms with van der Waals surface area (Å²) in [6.07, 6.45) is -0.114. The minimum atomic E-state index is -0.644. The van der Waals surface area contributed by atoms with Crippen molar-refractivity contribution >= 4 is 23.2 Å². The maximum Gasteiger partial charge on any atom is 0.126 e. The molecule has 3 aromatic rings. The number of aliphatic hydroxyl groups is 1. The van der Waals surface area contributed by atoms with Gasteiger partial charge >= 0.3 is 0 Å². The van der Waals surface area contributed by atoms with Gasteiger partial charge in [-0.3, -0.25) is 0 Å². The molecule has 0 spiro atoms. The van der Waals surface area contributed by atoms with E-state index < -0.39 is 12.1 Å². The molecular formula is C20H22ClNO2. The van der Waals surface area contributed by atoms with Crippen molar-refractivity contribution in [3.63, 3.8) is 0 Å². The Kier molecular flexibility index (Phi) is 6.21. The van der Waals surface area contributed by atoms with E-state index in [1.165, 1.54) is 0 Å². The molecule has 0 bridgehead atoms. The summed E-state index contributed by atoms with van der Waals surface area (Å²) in [5.41, 5.74) is 8.37. The van der Waals surface area contributed by atoms with Crippen LogP contribution in [0, 0.1) is 0 Å². The van der Waals surface area contributed by atoms with Crippen LogP contribution in [-0.2, 0) is 6.42 Å². The number of methoxy groups -OCH3 is 1. The summed E-state index contributed by atoms with van der Waals surface area (Å²) in [5, 5.41) is 12.6. The van der Waals surface area contributed by atoms with Gasteiger partial charge < -0.3 is 15.6 Å². The Morgan fingerprint density at radius 1 is 0.917 bits per heavy atom. The lowest BCUT2D eigenvalue weighted by Crippen LogP contribution is -2.28. The summed E-state index contributed by atoms with van der Waals surface area (Å²) >= 11 is 0. The van der Waals surface area contributed by atoms with E-state index >= 15 is 0 Å². The molecule has 0 heterocycles. The van der Waals surface area contributed by atoms with Gasteiger partial charge in [-0.15, -0.1) is 12.4 Å². The molecule has 4 heteroatoms. The van der Waals surface area contributed by atoms with Crippen molar-refractivity contribution < 1.29 is 9.84 Å². The topological polar surface area (TPSA) is 55.5 Å². The van der Waals surface area contributed by atoms with Crippen LogP contribution in [0.1, 0.15) is 17.2 Å². The SMILES string of the molecule is COc1ccc([C@H](N)[C@H](O)Cc2ccccc2)c2ccccc12.Cl. The van der Waals surface area contributed by atoms with Crippen molar-refractivity contribution in [3.05, 3.63) is 77.9 Å². The van der Waals surface area contributed by atoms with Crippen molar-refractivity contribution in [3.8, 4) is 5.75 Å². The summed E-state index contributed by atoms with van der Waals surface area (Å²) in [5.74, 6) is 0.814. The zero-order chi connectivity index (χ0) is 16.2. The van der Waals surface area contributed by atoms with Crippen LogP contribution >= 0.6 is 12.4 Å². The van der Waals surface area contributed by atoms with E-state index in [-0.39, 0.29) is 12.4 Å². The van der Waals surface area contributed by atoms with Gasteiger partial charge in [-0.2, -0.15) is 0 Å². The highest BCUT2D eigenvalue weighted by Crippen LogP contribution is 2.32. The van der Waals surface area contributed by atoms with Gasteiger partial charge in [0.25, 0.3) is 0 Å². The van der Waals surface area contributed by atoms with Gasteiger partial charge in [0.1, 0.15) is 5.75 Å². The summed E-state index contributed by atoms with van der Waals surface area (Å²) in [6, 6.07) is 21.3. The number of nitrogens with two attached hydrogens (primary N) is 1. The molecule has 0 saturated heterocycles. The molecule has 0 saturated carbocycles. The van der Waals surface area contributed by atoms with Gasteiger partial charge in [-0.25, -0.2) is 0 Å². The van der Waals surface area contributed by atoms with Crippen LogP contribution in [0.15, 0.2) is 66.7 Å². The second-order valence-corrected chi connectivity index (χ2v) is 5.69. The highest BCUT2D eigenvalue weighted by atomic mass is 35.5. The number of rotatable bonds is 5. The highest BCUT2D eigenvalue weighted by Gasteiger charge is 2.20. The van der Waals surface area contributed by atoms with Crippen molar-refractivity contribution in [1.82, 2.24) is 0 Å². The highest BCUT2D eigenvalue weighted by molar-refractivity contribution is 5.91. The fourth-order valence-electron chi connectivity index (χ4n) is 2.95. The molecule has 3 nitrogen and oxygen atoms in total. The van der Waals surface area contributed by atoms with Crippen molar-refractivity contribution in [1.29, 1.82) is 0 Å². The molecule has 24 heavy (non-hydrogen) atoms. The maximum absolute atomic E-state index is 10.6. The van der Waals surface area contributed by atoms with Gasteiger partial charge in [-0.1, -0.05) is 60.7 Å². The lowest BCUT2D eigenvalue weighted by atomic mass is 9.92. The number of aliphatic hydroxyl groups excluding tert-OH is 1. The fraction of sp³-hybridized carbons (Fsp3) is 0.200. The number of hydrogen-bond acceptors (Lipinski definition) is 3. The van der Waals surface area contributed by atoms with E-state index in [0.29, 0.717) is 6.42 Å². The molecule has 0 aliphatic rings. The molecule has 2 atom stereocenters. The quantitative estimate of drug-likeness (QED) is 0.739. The van der Waals surface area contributed by atoms with E-state index in [9.17, 15) is 5.11 Å². The fourth-order valence-corrected chi connectivity index (χ4v) is 2.95. The molecule has 0 radical (unpaired) electrons. The molecular weight excluding hydrogens is 322 g/mol. The summed E-state index contributed by atoms with van der Waals surface area (Å²) in [4.78, 5) is 0. The summed E-state index contributed by atoms with van der Waals surface area (Å²) < 4.78 is 5.42. The van der Waals surface area contributed by atoms with Crippen LogP contribution in [0.4, 0.5) is 0 Å². The first kappa shape index (κ1) is 18.3. The molecule has 0 aromatic heterocycles. The largest absolute Gasteiger partial charge is 0.496 e. The van der Waals surface area contributed by atoms with Crippen LogP contribution in [0.25, 0.3) is 10.8 Å². The molecule has 0 aliphatic carbocycles. The van der Waals surface area contributed by atoms with Crippen molar-refractivity contribution in [2.75, 3.05) is 7.11 Å². The molecule has 0 fully saturated rings. The van der Waals surface area contributed by atoms with E-state index in [2.05, 4.69) is 0 Å². The minimum Gasteiger partial charge on any atom is -0.496 e. The predicted octanol–water partition coefficient (Wildman–Crippen LogP) is 3.87. The third-order valence-electron chi connectivity index (χ3n) is 4.20. The Morgan fingerprint density at radius 2 is 1.54 bits per heavy atom. The Hall–Kier alpha value is -2.07. The molecule has 0 unspecified atom stereocenters. The maximum atomic E-state index is 10.6. The van der Waals surface area contributed by atoms with Gasteiger partial charge in [0.05, 0.1) is 19.3 Å². The second-order valence-electron chi connectivity index (χ2n) is 5.69. The van der Waals surface area contributed by atoms with E-state index in [4.69, 9.17) is 10.5 Å². The van der Waals surface area contributed by atoms with Gasteiger partial charge in [0, 0.05) is 11.8 Å². The third-order valence-corrected chi connectivity index (χ3v) is 4.20. The van der Waals surface area contributed by atoms with Crippen LogP contribution in [0.5, 0.6) is 5.75 Å². The Morgan fingerprint density at radius 3 is 2.21 bits per heavy atom. The lowest BCUT2D eigenvalue weighted by Gasteiger charge is -2.21. The lowest BCUT2D eigenvalue weighted by molar-refractivity contribution is 0.145. The number of ether oxygens (including phenoxy) is 1. The standard InChI is InChI=1S/C20H21NO2.ClH/c1-23-19-12-11-17(15-9-5-6-10-16(15)19)20(21)18(22)13-14-7-3-2-4-8-14;/h2-12,18,20,22H,13,21H2,1H3;1H/t18-,20+;/m1./s1. The van der Waals surface area contributed by atoms with Gasteiger partial charge in [0.15, 0.2) is 0 Å². The first-order valence-electron chi connectivity index (χ1n) is 7.74. The Balaban J connectivity index is 0.00000208. The van der Waals surface area contributed by atoms with Crippen LogP contribution < -0.4 is 10.5 Å². The average molecular weight is 344 g/mol. The van der Waals surface area contributed by atoms with Gasteiger partial charge in [0.2, 0.25) is 0 Å². The van der Waals surface area contributed by atoms with Crippen LogP contribution in [0.2, 0.25) is 0 Å². The minimum absolute atomic E-state index is 0. The third kappa shape index (κ3) is 3.70. The van der Waals surface area contributed by atoms with Crippen LogP contribution in [-0.4, -0.2) is 18.3 Å². The number of fused-ring (bicyclic) bond motifs is 1. The zero-order valence-corrected chi connectivity index (χ0v) is 14.4. The normalized spacial score (nSPS) is 13.1. The zero-order valence-electron chi connectivity index (χ0n) is 13.6. The first-order valence-corrected chi connectivity index (χ1v) is 7.74. The molecule has 3 N–H and O–H groups in total. The van der Waals surface area contributed by atoms with Crippen molar-refractivity contribution in [2.45, 2.75) is 18.6 Å². The van der Waals surface area contributed by atoms with Crippen molar-refractivity contribution in [2.24, 2.45) is 5.73 Å². The van der Waals surface area contributed by atoms with Crippen LogP contribution in [0.3, 0.4) is 0 Å². The second kappa shape index (κ2) is 8.15. The molecule has 0 aliphatic heterocycles. The van der Waals surface area contributed by atoms with Gasteiger partial charge in [-0.05, 0) is 22.6 Å². The number of benzene rings is 3. The van der Waals surface area contributed by atoms with E-state index in [0.717, 1.165) is 27.6 Å². The number of halogens is 1. The Labute approximate surface area is 148 Å². The summed E-state index contributed by atoms with van der Waals surface area (Å²) in [6.45, 7) is 0. The monoisotopic (exact) mass is 343 g/mol. The first-order chi connectivity index (χ1) is 11.2. The van der Waals surface area contributed by atoms with E-state index in [1.54, 1.807) is 7.11 Å². The molecule has 3 aromatic carbocycles. The summed E-state index contributed by atoms with van der Waals surface area (Å²) in [7, 11) is 1.66.